The van der Waals surface area contributed by atoms with E-state index in [1.807, 2.05) is 13.8 Å². The van der Waals surface area contributed by atoms with Crippen LogP contribution < -0.4 is 0 Å². The van der Waals surface area contributed by atoms with Gasteiger partial charge in [0, 0.05) is 12.6 Å². The molecule has 1 rings (SSSR count). The molecule has 0 fully saturated rings. The molecule has 0 N–H and O–H groups in total. The van der Waals surface area contributed by atoms with Crippen molar-refractivity contribution in [2.75, 3.05) is 6.54 Å². The van der Waals surface area contributed by atoms with Crippen LogP contribution in [0.5, 0.6) is 0 Å². The predicted molar refractivity (Wildman–Crippen MR) is 61.7 cm³/mol. The molecule has 7 heteroatoms. The quantitative estimate of drug-likeness (QED) is 0.773. The Kier molecular flexibility index (Phi) is 4.23. The Labute approximate surface area is 101 Å². The summed E-state index contributed by atoms with van der Waals surface area (Å²) in [7, 11) is -3.52. The van der Waals surface area contributed by atoms with E-state index in [9.17, 15) is 8.42 Å². The average Bonchev–Trinajstić information content (AvgIpc) is 2.18. The van der Waals surface area contributed by atoms with Crippen LogP contribution in [0.1, 0.15) is 20.8 Å². The summed E-state index contributed by atoms with van der Waals surface area (Å²) in [5.41, 5.74) is 0. The maximum absolute atomic E-state index is 12.1. The topological polar surface area (TPSA) is 63.2 Å². The van der Waals surface area contributed by atoms with Gasteiger partial charge in [0.1, 0.15) is 4.90 Å². The van der Waals surface area contributed by atoms with Crippen LogP contribution in [0.25, 0.3) is 0 Å². The molecule has 0 aliphatic carbocycles. The summed E-state index contributed by atoms with van der Waals surface area (Å²) >= 11 is 5.51. The highest BCUT2D eigenvalue weighted by molar-refractivity contribution is 7.89. The minimum Gasteiger partial charge on any atom is -0.225 e. The van der Waals surface area contributed by atoms with Gasteiger partial charge in [-0.3, -0.25) is 0 Å². The lowest BCUT2D eigenvalue weighted by Gasteiger charge is -2.23. The van der Waals surface area contributed by atoms with Crippen molar-refractivity contribution in [1.29, 1.82) is 0 Å². The molecule has 1 aromatic rings. The molecule has 0 amide bonds. The lowest BCUT2D eigenvalue weighted by Crippen LogP contribution is -2.36. The van der Waals surface area contributed by atoms with Crippen LogP contribution in [0.2, 0.25) is 5.28 Å². The van der Waals surface area contributed by atoms with Gasteiger partial charge in [-0.15, -0.1) is 0 Å². The van der Waals surface area contributed by atoms with E-state index in [-0.39, 0.29) is 16.2 Å². The van der Waals surface area contributed by atoms with Crippen molar-refractivity contribution in [3.8, 4) is 0 Å². The summed E-state index contributed by atoms with van der Waals surface area (Å²) in [6.45, 7) is 5.83. The van der Waals surface area contributed by atoms with Crippen LogP contribution in [-0.2, 0) is 10.0 Å². The highest BCUT2D eigenvalue weighted by Gasteiger charge is 2.25. The van der Waals surface area contributed by atoms with Gasteiger partial charge < -0.3 is 0 Å². The lowest BCUT2D eigenvalue weighted by molar-refractivity contribution is 0.369. The predicted octanol–water partition coefficient (Wildman–Crippen LogP) is 1.55. The highest BCUT2D eigenvalue weighted by Crippen LogP contribution is 2.16. The number of hydrogen-bond acceptors (Lipinski definition) is 4. The summed E-state index contributed by atoms with van der Waals surface area (Å²) in [5.74, 6) is 0. The number of nitrogens with zero attached hydrogens (tertiary/aromatic N) is 3. The first-order chi connectivity index (χ1) is 7.39. The van der Waals surface area contributed by atoms with Gasteiger partial charge in [-0.1, -0.05) is 6.92 Å². The van der Waals surface area contributed by atoms with Crippen LogP contribution in [-0.4, -0.2) is 35.3 Å². The Morgan fingerprint density at radius 1 is 1.38 bits per heavy atom. The standard InChI is InChI=1S/C9H14ClN3O2S/c1-4-13(7(2)3)16(14,15)8-5-11-9(10)12-6-8/h5-7H,4H2,1-3H3. The zero-order chi connectivity index (χ0) is 12.3. The van der Waals surface area contributed by atoms with Gasteiger partial charge in [0.25, 0.3) is 0 Å². The third kappa shape index (κ3) is 2.69. The molecule has 90 valence electrons. The second-order valence-corrected chi connectivity index (χ2v) is 5.72. The average molecular weight is 264 g/mol. The third-order valence-electron chi connectivity index (χ3n) is 2.09. The van der Waals surface area contributed by atoms with Crippen molar-refractivity contribution in [1.82, 2.24) is 14.3 Å². The van der Waals surface area contributed by atoms with Crippen molar-refractivity contribution in [3.63, 3.8) is 0 Å². The minimum atomic E-state index is -3.52. The molecule has 0 aliphatic rings. The Bertz CT molecular complexity index is 444. The van der Waals surface area contributed by atoms with E-state index in [0.29, 0.717) is 6.54 Å². The molecular weight excluding hydrogens is 250 g/mol. The zero-order valence-corrected chi connectivity index (χ0v) is 11.0. The molecular formula is C9H14ClN3O2S. The molecule has 0 atom stereocenters. The van der Waals surface area contributed by atoms with Gasteiger partial charge in [0.15, 0.2) is 0 Å². The number of aromatic nitrogens is 2. The van der Waals surface area contributed by atoms with Gasteiger partial charge in [0.05, 0.1) is 12.4 Å². The fourth-order valence-electron chi connectivity index (χ4n) is 1.38. The zero-order valence-electron chi connectivity index (χ0n) is 9.38. The van der Waals surface area contributed by atoms with Crippen molar-refractivity contribution < 1.29 is 8.42 Å². The van der Waals surface area contributed by atoms with E-state index in [2.05, 4.69) is 9.97 Å². The van der Waals surface area contributed by atoms with E-state index >= 15 is 0 Å². The number of sulfonamides is 1. The molecule has 0 radical (unpaired) electrons. The summed E-state index contributed by atoms with van der Waals surface area (Å²) in [5, 5.41) is 0.0338. The van der Waals surface area contributed by atoms with Crippen molar-refractivity contribution in [2.45, 2.75) is 31.7 Å². The smallest absolute Gasteiger partial charge is 0.225 e. The van der Waals surface area contributed by atoms with Crippen molar-refractivity contribution in [3.05, 3.63) is 17.7 Å². The van der Waals surface area contributed by atoms with E-state index in [0.717, 1.165) is 0 Å². The summed E-state index contributed by atoms with van der Waals surface area (Å²) in [6.07, 6.45) is 2.44. The van der Waals surface area contributed by atoms with E-state index < -0.39 is 10.0 Å². The first kappa shape index (κ1) is 13.3. The summed E-state index contributed by atoms with van der Waals surface area (Å²) in [6, 6.07) is -0.106. The second kappa shape index (κ2) is 5.07. The molecule has 1 heterocycles. The minimum absolute atomic E-state index is 0.0338. The maximum Gasteiger partial charge on any atom is 0.246 e. The van der Waals surface area contributed by atoms with E-state index in [4.69, 9.17) is 11.6 Å². The monoisotopic (exact) mass is 263 g/mol. The van der Waals surface area contributed by atoms with Crippen LogP contribution >= 0.6 is 11.6 Å². The van der Waals surface area contributed by atoms with Gasteiger partial charge in [-0.25, -0.2) is 18.4 Å². The largest absolute Gasteiger partial charge is 0.246 e. The first-order valence-corrected chi connectivity index (χ1v) is 6.70. The van der Waals surface area contributed by atoms with Gasteiger partial charge in [0.2, 0.25) is 15.3 Å². The van der Waals surface area contributed by atoms with Gasteiger partial charge in [-0.2, -0.15) is 4.31 Å². The second-order valence-electron chi connectivity index (χ2n) is 3.49. The maximum atomic E-state index is 12.1. The number of halogens is 1. The normalized spacial score (nSPS) is 12.4. The van der Waals surface area contributed by atoms with E-state index in [1.54, 1.807) is 6.92 Å². The summed E-state index contributed by atoms with van der Waals surface area (Å²) in [4.78, 5) is 7.40. The fraction of sp³-hybridized carbons (Fsp3) is 0.556. The van der Waals surface area contributed by atoms with Crippen LogP contribution in [0.15, 0.2) is 17.3 Å². The van der Waals surface area contributed by atoms with Crippen LogP contribution in [0.3, 0.4) is 0 Å². The number of rotatable bonds is 4. The molecule has 0 unspecified atom stereocenters. The van der Waals surface area contributed by atoms with Crippen molar-refractivity contribution >= 4 is 21.6 Å². The summed E-state index contributed by atoms with van der Waals surface area (Å²) < 4.78 is 25.6. The van der Waals surface area contributed by atoms with E-state index in [1.165, 1.54) is 16.7 Å². The Balaban J connectivity index is 3.15. The third-order valence-corrected chi connectivity index (χ3v) is 4.39. The molecule has 1 aromatic heterocycles. The Hall–Kier alpha value is -0.720. The van der Waals surface area contributed by atoms with Crippen molar-refractivity contribution in [2.24, 2.45) is 0 Å². The molecule has 0 spiro atoms. The van der Waals surface area contributed by atoms with Crippen LogP contribution in [0.4, 0.5) is 0 Å². The molecule has 0 aliphatic heterocycles. The molecule has 0 saturated carbocycles. The Morgan fingerprint density at radius 2 is 1.88 bits per heavy atom. The van der Waals surface area contributed by atoms with Gasteiger partial charge in [-0.05, 0) is 25.4 Å². The number of hydrogen-bond donors (Lipinski definition) is 0. The molecule has 0 bridgehead atoms. The molecule has 16 heavy (non-hydrogen) atoms. The molecule has 0 aromatic carbocycles. The van der Waals surface area contributed by atoms with Gasteiger partial charge >= 0.3 is 0 Å². The lowest BCUT2D eigenvalue weighted by atomic mass is 10.4. The fourth-order valence-corrected chi connectivity index (χ4v) is 3.02. The van der Waals surface area contributed by atoms with Crippen LogP contribution in [0, 0.1) is 0 Å². The first-order valence-electron chi connectivity index (χ1n) is 4.89. The molecule has 5 nitrogen and oxygen atoms in total. The Morgan fingerprint density at radius 3 is 2.25 bits per heavy atom. The highest BCUT2D eigenvalue weighted by atomic mass is 35.5. The SMILES string of the molecule is CCN(C(C)C)S(=O)(=O)c1cnc(Cl)nc1. The molecule has 0 saturated heterocycles.